The molecule has 2 aromatic carbocycles. The monoisotopic (exact) mass is 491 g/mol. The van der Waals surface area contributed by atoms with Gasteiger partial charge in [0, 0.05) is 43.4 Å². The average Bonchev–Trinajstić information content (AvgIpc) is 3.19. The molecule has 3 rings (SSSR count). The molecule has 1 aromatic heterocycles. The van der Waals surface area contributed by atoms with Crippen LogP contribution in [-0.4, -0.2) is 45.9 Å². The number of amides is 2. The maximum atomic E-state index is 13.6. The molecule has 0 aliphatic carbocycles. The maximum absolute atomic E-state index is 13.6. The first-order chi connectivity index (χ1) is 17.2. The fraction of sp³-hybridized carbons (Fsp3) is 0.483. The smallest absolute Gasteiger partial charge is 0.253 e. The Labute approximate surface area is 215 Å². The van der Waals surface area contributed by atoms with Crippen LogP contribution in [-0.2, 0) is 11.3 Å². The molecule has 3 N–H and O–H groups in total. The summed E-state index contributed by atoms with van der Waals surface area (Å²) in [5.74, 6) is 1.88. The zero-order valence-electron chi connectivity index (χ0n) is 22.4. The Morgan fingerprint density at radius 3 is 2.19 bits per heavy atom. The first-order valence-electron chi connectivity index (χ1n) is 13.1. The number of hydrogen-bond donors (Lipinski definition) is 2. The summed E-state index contributed by atoms with van der Waals surface area (Å²) in [4.78, 5) is 31.9. The minimum Gasteiger partial charge on any atom is -0.339 e. The van der Waals surface area contributed by atoms with E-state index < -0.39 is 0 Å². The van der Waals surface area contributed by atoms with Gasteiger partial charge in [-0.1, -0.05) is 27.7 Å². The van der Waals surface area contributed by atoms with E-state index in [1.165, 1.54) is 6.92 Å². The van der Waals surface area contributed by atoms with Crippen molar-refractivity contribution in [3.05, 3.63) is 48.0 Å². The second-order valence-corrected chi connectivity index (χ2v) is 10.3. The van der Waals surface area contributed by atoms with Crippen LogP contribution in [0.15, 0.2) is 42.5 Å². The number of anilines is 1. The van der Waals surface area contributed by atoms with Crippen LogP contribution in [0.5, 0.6) is 0 Å². The van der Waals surface area contributed by atoms with Gasteiger partial charge in [0.05, 0.1) is 11.0 Å². The molecule has 7 nitrogen and oxygen atoms in total. The lowest BCUT2D eigenvalue weighted by Crippen LogP contribution is -2.34. The Bertz CT molecular complexity index is 1150. The summed E-state index contributed by atoms with van der Waals surface area (Å²) in [6.07, 6.45) is 2.77. The molecule has 0 unspecified atom stereocenters. The molecule has 0 fully saturated rings. The van der Waals surface area contributed by atoms with Crippen molar-refractivity contribution < 1.29 is 9.59 Å². The van der Waals surface area contributed by atoms with Crippen molar-refractivity contribution in [1.82, 2.24) is 14.5 Å². The first kappa shape index (κ1) is 27.4. The number of nitrogens with two attached hydrogens (primary N) is 1. The highest BCUT2D eigenvalue weighted by molar-refractivity contribution is 5.98. The van der Waals surface area contributed by atoms with E-state index in [-0.39, 0.29) is 11.8 Å². The summed E-state index contributed by atoms with van der Waals surface area (Å²) in [5, 5.41) is 2.80. The molecule has 0 aliphatic rings. The number of aryl methyl sites for hydroxylation is 1. The third-order valence-corrected chi connectivity index (χ3v) is 6.28. The molecule has 0 aliphatic heterocycles. The number of nitrogens with zero attached hydrogens (tertiary/aromatic N) is 3. The molecule has 0 atom stereocenters. The summed E-state index contributed by atoms with van der Waals surface area (Å²) in [5.41, 5.74) is 10.0. The molecule has 0 radical (unpaired) electrons. The zero-order valence-corrected chi connectivity index (χ0v) is 22.4. The molecule has 194 valence electrons. The van der Waals surface area contributed by atoms with Gasteiger partial charge in [-0.3, -0.25) is 9.59 Å². The fourth-order valence-electron chi connectivity index (χ4n) is 4.18. The van der Waals surface area contributed by atoms with E-state index in [2.05, 4.69) is 37.6 Å². The highest BCUT2D eigenvalue weighted by atomic mass is 16.2. The van der Waals surface area contributed by atoms with Gasteiger partial charge in [-0.05, 0) is 80.1 Å². The normalized spacial score (nSPS) is 11.4. The molecular formula is C29H41N5O2. The SMILES string of the molecule is CC(=O)Nc1ccc(-c2nc3ccc(C(=O)N(CCC(C)C)CCC(C)C)cc3n2CCCN)cc1. The van der Waals surface area contributed by atoms with Gasteiger partial charge in [0.15, 0.2) is 0 Å². The van der Waals surface area contributed by atoms with E-state index >= 15 is 0 Å². The summed E-state index contributed by atoms with van der Waals surface area (Å²) < 4.78 is 2.15. The highest BCUT2D eigenvalue weighted by Crippen LogP contribution is 2.28. The highest BCUT2D eigenvalue weighted by Gasteiger charge is 2.19. The van der Waals surface area contributed by atoms with Crippen LogP contribution in [0, 0.1) is 11.8 Å². The molecule has 1 heterocycles. The third kappa shape index (κ3) is 7.17. The number of aromatic nitrogens is 2. The van der Waals surface area contributed by atoms with Crippen LogP contribution in [0.25, 0.3) is 22.4 Å². The summed E-state index contributed by atoms with van der Waals surface area (Å²) in [6.45, 7) is 13.1. The molecule has 36 heavy (non-hydrogen) atoms. The Balaban J connectivity index is 1.98. The summed E-state index contributed by atoms with van der Waals surface area (Å²) in [7, 11) is 0. The lowest BCUT2D eigenvalue weighted by atomic mass is 10.1. The van der Waals surface area contributed by atoms with Gasteiger partial charge in [-0.25, -0.2) is 4.98 Å². The van der Waals surface area contributed by atoms with Gasteiger partial charge in [0.25, 0.3) is 5.91 Å². The predicted molar refractivity (Wildman–Crippen MR) is 148 cm³/mol. The largest absolute Gasteiger partial charge is 0.339 e. The lowest BCUT2D eigenvalue weighted by Gasteiger charge is -2.24. The number of rotatable bonds is 12. The number of hydrogen-bond acceptors (Lipinski definition) is 4. The van der Waals surface area contributed by atoms with Gasteiger partial charge < -0.3 is 20.5 Å². The molecule has 3 aromatic rings. The van der Waals surface area contributed by atoms with Crippen molar-refractivity contribution in [2.45, 2.75) is 60.4 Å². The Kier molecular flexibility index (Phi) is 9.65. The summed E-state index contributed by atoms with van der Waals surface area (Å²) >= 11 is 0. The van der Waals surface area contributed by atoms with Crippen molar-refractivity contribution in [2.24, 2.45) is 17.6 Å². The zero-order chi connectivity index (χ0) is 26.2. The standard InChI is InChI=1S/C29H41N5O2/c1-20(2)13-17-33(18-14-21(3)4)29(36)24-9-12-26-27(19-24)34(16-6-15-30)28(32-26)23-7-10-25(11-8-23)31-22(5)35/h7-12,19-21H,6,13-18,30H2,1-5H3,(H,31,35). The van der Waals surface area contributed by atoms with E-state index in [1.54, 1.807) is 0 Å². The van der Waals surface area contributed by atoms with Crippen LogP contribution in [0.1, 0.15) is 64.2 Å². The predicted octanol–water partition coefficient (Wildman–Crippen LogP) is 5.54. The second kappa shape index (κ2) is 12.7. The molecule has 0 saturated carbocycles. The topological polar surface area (TPSA) is 93.2 Å². The van der Waals surface area contributed by atoms with E-state index in [0.29, 0.717) is 30.5 Å². The van der Waals surface area contributed by atoms with E-state index in [4.69, 9.17) is 10.7 Å². The second-order valence-electron chi connectivity index (χ2n) is 10.3. The van der Waals surface area contributed by atoms with Gasteiger partial charge in [0.2, 0.25) is 5.91 Å². The molecule has 2 amide bonds. The van der Waals surface area contributed by atoms with Gasteiger partial charge >= 0.3 is 0 Å². The number of imidazole rings is 1. The van der Waals surface area contributed by atoms with Crippen molar-refractivity contribution in [2.75, 3.05) is 25.0 Å². The number of carbonyl (C=O) groups is 2. The number of nitrogens with one attached hydrogen (secondary N) is 1. The Morgan fingerprint density at radius 2 is 1.64 bits per heavy atom. The van der Waals surface area contributed by atoms with E-state index in [0.717, 1.165) is 60.5 Å². The van der Waals surface area contributed by atoms with Crippen LogP contribution in [0.3, 0.4) is 0 Å². The van der Waals surface area contributed by atoms with Crippen molar-refractivity contribution >= 4 is 28.5 Å². The van der Waals surface area contributed by atoms with Crippen LogP contribution in [0.2, 0.25) is 0 Å². The minimum absolute atomic E-state index is 0.0750. The third-order valence-electron chi connectivity index (χ3n) is 6.28. The number of fused-ring (bicyclic) bond motifs is 1. The van der Waals surface area contributed by atoms with Gasteiger partial charge in [-0.2, -0.15) is 0 Å². The van der Waals surface area contributed by atoms with Crippen molar-refractivity contribution in [1.29, 1.82) is 0 Å². The molecular weight excluding hydrogens is 450 g/mol. The molecule has 0 bridgehead atoms. The Hall–Kier alpha value is -3.19. The van der Waals surface area contributed by atoms with Crippen molar-refractivity contribution in [3.8, 4) is 11.4 Å². The maximum Gasteiger partial charge on any atom is 0.253 e. The van der Waals surface area contributed by atoms with E-state index in [1.807, 2.05) is 47.4 Å². The Morgan fingerprint density at radius 1 is 1.00 bits per heavy atom. The average molecular weight is 492 g/mol. The fourth-order valence-corrected chi connectivity index (χ4v) is 4.18. The van der Waals surface area contributed by atoms with Crippen LogP contribution in [0.4, 0.5) is 5.69 Å². The molecule has 0 saturated heterocycles. The number of benzene rings is 2. The van der Waals surface area contributed by atoms with E-state index in [9.17, 15) is 9.59 Å². The number of carbonyl (C=O) groups excluding carboxylic acids is 2. The van der Waals surface area contributed by atoms with Crippen LogP contribution >= 0.6 is 0 Å². The summed E-state index contributed by atoms with van der Waals surface area (Å²) in [6, 6.07) is 13.5. The lowest BCUT2D eigenvalue weighted by molar-refractivity contribution is -0.114. The minimum atomic E-state index is -0.106. The van der Waals surface area contributed by atoms with Gasteiger partial charge in [-0.15, -0.1) is 0 Å². The molecule has 7 heteroatoms. The quantitative estimate of drug-likeness (QED) is 0.348. The first-order valence-corrected chi connectivity index (χ1v) is 13.1. The van der Waals surface area contributed by atoms with Crippen molar-refractivity contribution in [3.63, 3.8) is 0 Å². The molecule has 0 spiro atoms. The van der Waals surface area contributed by atoms with Gasteiger partial charge in [0.1, 0.15) is 5.82 Å². The van der Waals surface area contributed by atoms with Crippen LogP contribution < -0.4 is 11.1 Å².